The maximum absolute atomic E-state index is 11.0. The van der Waals surface area contributed by atoms with Crippen molar-refractivity contribution in [1.82, 2.24) is 0 Å². The Hall–Kier alpha value is -1.07. The largest absolute Gasteiger partial charge is 0.385 e. The second-order valence-electron chi connectivity index (χ2n) is 5.74. The minimum atomic E-state index is -3.44. The van der Waals surface area contributed by atoms with E-state index in [1.165, 1.54) is 38.5 Å². The normalized spacial score (nSPS) is 17.6. The summed E-state index contributed by atoms with van der Waals surface area (Å²) in [6.45, 7) is 1.01. The van der Waals surface area contributed by atoms with E-state index in [0.717, 1.165) is 23.7 Å². The van der Waals surface area contributed by atoms with E-state index >= 15 is 0 Å². The smallest absolute Gasteiger partial charge is 0.213 e. The van der Waals surface area contributed by atoms with Crippen molar-refractivity contribution in [3.63, 3.8) is 0 Å². The number of nitrogens with two attached hydrogens (primary N) is 1. The summed E-state index contributed by atoms with van der Waals surface area (Å²) in [7, 11) is -3.44. The number of nitrogens with one attached hydrogen (secondary N) is 1. The molecule has 4 nitrogen and oxygen atoms in total. The van der Waals surface area contributed by atoms with Crippen LogP contribution < -0.4 is 10.5 Å². The Morgan fingerprint density at radius 1 is 1.05 bits per heavy atom. The lowest BCUT2D eigenvalue weighted by Gasteiger charge is -2.15. The molecule has 2 rings (SSSR count). The van der Waals surface area contributed by atoms with Crippen molar-refractivity contribution in [1.29, 1.82) is 0 Å². The molecule has 0 aromatic heterocycles. The Morgan fingerprint density at radius 2 is 1.65 bits per heavy atom. The molecule has 1 aromatic carbocycles. The van der Waals surface area contributed by atoms with Crippen LogP contribution in [0.5, 0.6) is 0 Å². The van der Waals surface area contributed by atoms with E-state index in [1.807, 2.05) is 24.3 Å². The number of rotatable bonds is 5. The first-order valence-electron chi connectivity index (χ1n) is 7.36. The Bertz CT molecular complexity index is 503. The van der Waals surface area contributed by atoms with Crippen LogP contribution >= 0.6 is 0 Å². The van der Waals surface area contributed by atoms with Crippen molar-refractivity contribution >= 4 is 15.7 Å². The lowest BCUT2D eigenvalue weighted by Crippen LogP contribution is -2.15. The quantitative estimate of drug-likeness (QED) is 0.821. The van der Waals surface area contributed by atoms with Crippen molar-refractivity contribution in [2.75, 3.05) is 11.9 Å². The van der Waals surface area contributed by atoms with Gasteiger partial charge in [0.2, 0.25) is 10.0 Å². The third kappa shape index (κ3) is 5.51. The second-order valence-corrected chi connectivity index (χ2v) is 7.36. The van der Waals surface area contributed by atoms with E-state index in [0.29, 0.717) is 0 Å². The summed E-state index contributed by atoms with van der Waals surface area (Å²) >= 11 is 0. The zero-order valence-electron chi connectivity index (χ0n) is 11.8. The van der Waals surface area contributed by atoms with Crippen molar-refractivity contribution in [3.05, 3.63) is 29.8 Å². The summed E-state index contributed by atoms with van der Waals surface area (Å²) in [6, 6.07) is 7.49. The topological polar surface area (TPSA) is 72.2 Å². The highest BCUT2D eigenvalue weighted by Gasteiger charge is 2.11. The molecule has 1 aromatic rings. The predicted molar refractivity (Wildman–Crippen MR) is 82.9 cm³/mol. The molecule has 0 radical (unpaired) electrons. The van der Waals surface area contributed by atoms with Gasteiger partial charge in [-0.05, 0) is 36.5 Å². The van der Waals surface area contributed by atoms with Crippen LogP contribution in [0.1, 0.15) is 44.1 Å². The molecule has 0 bridgehead atoms. The fourth-order valence-electron chi connectivity index (χ4n) is 2.78. The number of hydrogen-bond acceptors (Lipinski definition) is 3. The van der Waals surface area contributed by atoms with Gasteiger partial charge in [-0.2, -0.15) is 0 Å². The molecule has 0 amide bonds. The van der Waals surface area contributed by atoms with Crippen LogP contribution in [0.15, 0.2) is 24.3 Å². The zero-order valence-corrected chi connectivity index (χ0v) is 12.7. The summed E-state index contributed by atoms with van der Waals surface area (Å²) in [5.74, 6) is 0.664. The van der Waals surface area contributed by atoms with E-state index < -0.39 is 10.0 Å². The van der Waals surface area contributed by atoms with Gasteiger partial charge in [-0.1, -0.05) is 37.8 Å². The van der Waals surface area contributed by atoms with Gasteiger partial charge in [0.1, 0.15) is 0 Å². The van der Waals surface area contributed by atoms with Crippen LogP contribution in [0, 0.1) is 5.92 Å². The molecule has 3 N–H and O–H groups in total. The molecule has 5 heteroatoms. The van der Waals surface area contributed by atoms with Gasteiger partial charge in [0.15, 0.2) is 0 Å². The summed E-state index contributed by atoms with van der Waals surface area (Å²) in [6.07, 6.45) is 8.07. The van der Waals surface area contributed by atoms with Crippen LogP contribution in [-0.2, 0) is 15.8 Å². The molecule has 0 saturated heterocycles. The average molecular weight is 296 g/mol. The predicted octanol–water partition coefficient (Wildman–Crippen LogP) is 2.86. The minimum absolute atomic E-state index is 0.101. The molecular weight excluding hydrogens is 272 g/mol. The molecule has 1 aliphatic rings. The van der Waals surface area contributed by atoms with Crippen LogP contribution in [0.4, 0.5) is 5.69 Å². The van der Waals surface area contributed by atoms with Crippen LogP contribution in [0.3, 0.4) is 0 Å². The molecule has 0 unspecified atom stereocenters. The van der Waals surface area contributed by atoms with Crippen LogP contribution in [-0.4, -0.2) is 15.0 Å². The maximum Gasteiger partial charge on any atom is 0.213 e. The highest BCUT2D eigenvalue weighted by Crippen LogP contribution is 2.23. The van der Waals surface area contributed by atoms with E-state index in [-0.39, 0.29) is 5.75 Å². The number of primary sulfonamides is 1. The lowest BCUT2D eigenvalue weighted by atomic mass is 10.0. The molecule has 0 spiro atoms. The zero-order chi connectivity index (χ0) is 14.4. The van der Waals surface area contributed by atoms with Crippen molar-refractivity contribution < 1.29 is 8.42 Å². The molecule has 1 aliphatic carbocycles. The Balaban J connectivity index is 1.84. The van der Waals surface area contributed by atoms with Crippen LogP contribution in [0.2, 0.25) is 0 Å². The van der Waals surface area contributed by atoms with E-state index in [9.17, 15) is 8.42 Å². The van der Waals surface area contributed by atoms with E-state index in [2.05, 4.69) is 5.32 Å². The van der Waals surface area contributed by atoms with E-state index in [1.54, 1.807) is 0 Å². The molecular formula is C15H24N2O2S. The standard InChI is InChI=1S/C15H24N2O2S/c16-20(18,19)12-14-7-9-15(10-8-14)17-11-13-5-3-1-2-4-6-13/h7-10,13,17H,1-6,11-12H2,(H2,16,18,19). The number of hydrogen-bond donors (Lipinski definition) is 2. The molecule has 1 saturated carbocycles. The molecule has 112 valence electrons. The molecule has 0 aliphatic heterocycles. The van der Waals surface area contributed by atoms with Gasteiger partial charge >= 0.3 is 0 Å². The Morgan fingerprint density at radius 3 is 2.20 bits per heavy atom. The lowest BCUT2D eigenvalue weighted by molar-refractivity contribution is 0.483. The van der Waals surface area contributed by atoms with Gasteiger partial charge in [0.05, 0.1) is 5.75 Å². The maximum atomic E-state index is 11.0. The third-order valence-electron chi connectivity index (χ3n) is 3.89. The number of benzene rings is 1. The molecule has 0 atom stereocenters. The summed E-state index contributed by atoms with van der Waals surface area (Å²) < 4.78 is 22.0. The fraction of sp³-hybridized carbons (Fsp3) is 0.600. The Labute approximate surface area is 121 Å². The summed E-state index contributed by atoms with van der Waals surface area (Å²) in [4.78, 5) is 0. The van der Waals surface area contributed by atoms with Crippen molar-refractivity contribution in [2.45, 2.75) is 44.3 Å². The monoisotopic (exact) mass is 296 g/mol. The fourth-order valence-corrected chi connectivity index (χ4v) is 3.44. The first-order valence-corrected chi connectivity index (χ1v) is 9.08. The highest BCUT2D eigenvalue weighted by molar-refractivity contribution is 7.88. The third-order valence-corrected chi connectivity index (χ3v) is 4.63. The van der Waals surface area contributed by atoms with Gasteiger partial charge in [0.25, 0.3) is 0 Å². The first-order chi connectivity index (χ1) is 9.53. The van der Waals surface area contributed by atoms with Gasteiger partial charge < -0.3 is 5.32 Å². The Kier molecular flexibility index (Phi) is 5.43. The first kappa shape index (κ1) is 15.3. The van der Waals surface area contributed by atoms with Crippen LogP contribution in [0.25, 0.3) is 0 Å². The second kappa shape index (κ2) is 7.09. The number of sulfonamides is 1. The summed E-state index contributed by atoms with van der Waals surface area (Å²) in [5, 5.41) is 8.48. The van der Waals surface area contributed by atoms with Gasteiger partial charge in [-0.15, -0.1) is 0 Å². The van der Waals surface area contributed by atoms with Gasteiger partial charge in [0, 0.05) is 12.2 Å². The molecule has 20 heavy (non-hydrogen) atoms. The van der Waals surface area contributed by atoms with Gasteiger partial charge in [-0.25, -0.2) is 13.6 Å². The minimum Gasteiger partial charge on any atom is -0.385 e. The van der Waals surface area contributed by atoms with Crippen molar-refractivity contribution in [2.24, 2.45) is 11.1 Å². The SMILES string of the molecule is NS(=O)(=O)Cc1ccc(NCC2CCCCCC2)cc1. The van der Waals surface area contributed by atoms with E-state index in [4.69, 9.17) is 5.14 Å². The average Bonchev–Trinajstić information content (AvgIpc) is 2.65. The summed E-state index contributed by atoms with van der Waals surface area (Å²) in [5.41, 5.74) is 1.78. The van der Waals surface area contributed by atoms with Crippen molar-refractivity contribution in [3.8, 4) is 0 Å². The number of anilines is 1. The highest BCUT2D eigenvalue weighted by atomic mass is 32.2. The van der Waals surface area contributed by atoms with Gasteiger partial charge in [-0.3, -0.25) is 0 Å². The molecule has 0 heterocycles. The molecule has 1 fully saturated rings.